The van der Waals surface area contributed by atoms with Gasteiger partial charge in [0.2, 0.25) is 5.91 Å². The normalized spacial score (nSPS) is 18.3. The molecule has 2 heterocycles. The van der Waals surface area contributed by atoms with Crippen LogP contribution in [0.5, 0.6) is 0 Å². The van der Waals surface area contributed by atoms with Crippen molar-refractivity contribution in [2.45, 2.75) is 37.7 Å². The lowest BCUT2D eigenvalue weighted by atomic mass is 9.88. The summed E-state index contributed by atoms with van der Waals surface area (Å²) in [7, 11) is 0. The summed E-state index contributed by atoms with van der Waals surface area (Å²) in [6, 6.07) is 11.7. The van der Waals surface area contributed by atoms with Crippen LogP contribution in [0.3, 0.4) is 0 Å². The summed E-state index contributed by atoms with van der Waals surface area (Å²) < 4.78 is 20.2. The number of anilines is 1. The van der Waals surface area contributed by atoms with E-state index < -0.39 is 12.2 Å². The second-order valence-electron chi connectivity index (χ2n) is 8.78. The predicted molar refractivity (Wildman–Crippen MR) is 135 cm³/mol. The van der Waals surface area contributed by atoms with Crippen LogP contribution in [0, 0.1) is 5.82 Å². The number of halogens is 1. The quantitative estimate of drug-likeness (QED) is 0.405. The molecule has 0 bridgehead atoms. The van der Waals surface area contributed by atoms with Crippen LogP contribution in [-0.2, 0) is 9.53 Å². The Kier molecular flexibility index (Phi) is 8.20. The number of ether oxygens (including phenoxy) is 1. The third kappa shape index (κ3) is 6.10. The van der Waals surface area contributed by atoms with Crippen LogP contribution >= 0.6 is 12.2 Å². The Morgan fingerprint density at radius 1 is 1.14 bits per heavy atom. The van der Waals surface area contributed by atoms with Crippen LogP contribution in [0.25, 0.3) is 0 Å². The fourth-order valence-corrected chi connectivity index (χ4v) is 4.69. The van der Waals surface area contributed by atoms with E-state index in [0.717, 1.165) is 31.5 Å². The molecule has 2 aromatic carbocycles. The van der Waals surface area contributed by atoms with Crippen molar-refractivity contribution in [2.24, 2.45) is 0 Å². The smallest absolute Gasteiger partial charge is 0.414 e. The number of amides is 2. The molecule has 0 saturated carbocycles. The van der Waals surface area contributed by atoms with Gasteiger partial charge in [-0.25, -0.2) is 9.18 Å². The van der Waals surface area contributed by atoms with Gasteiger partial charge in [-0.1, -0.05) is 42.5 Å². The van der Waals surface area contributed by atoms with Gasteiger partial charge in [0.15, 0.2) is 5.78 Å². The monoisotopic (exact) mass is 497 g/mol. The lowest BCUT2D eigenvalue weighted by molar-refractivity contribution is -0.121. The van der Waals surface area contributed by atoms with Crippen LogP contribution < -0.4 is 15.5 Å². The van der Waals surface area contributed by atoms with Gasteiger partial charge in [-0.05, 0) is 49.5 Å². The first-order chi connectivity index (χ1) is 17.0. The third-order valence-electron chi connectivity index (χ3n) is 6.42. The van der Waals surface area contributed by atoms with Gasteiger partial charge in [0, 0.05) is 29.3 Å². The minimum absolute atomic E-state index is 0.0297. The molecule has 0 aliphatic carbocycles. The summed E-state index contributed by atoms with van der Waals surface area (Å²) >= 11 is 4.86. The van der Waals surface area contributed by atoms with Crippen molar-refractivity contribution in [2.75, 3.05) is 31.1 Å². The number of nitrogens with one attached hydrogen (secondary N) is 2. The van der Waals surface area contributed by atoms with Crippen LogP contribution in [0.1, 0.15) is 53.1 Å². The zero-order valence-corrected chi connectivity index (χ0v) is 20.1. The van der Waals surface area contributed by atoms with Gasteiger partial charge in [0.1, 0.15) is 11.9 Å². The van der Waals surface area contributed by atoms with Crippen molar-refractivity contribution in [3.63, 3.8) is 0 Å². The molecule has 2 aromatic rings. The van der Waals surface area contributed by atoms with Crippen LogP contribution in [-0.4, -0.2) is 55.4 Å². The fraction of sp³-hybridized carbons (Fsp3) is 0.385. The first-order valence-electron chi connectivity index (χ1n) is 11.8. The van der Waals surface area contributed by atoms with E-state index in [1.54, 1.807) is 36.4 Å². The second-order valence-corrected chi connectivity index (χ2v) is 9.02. The lowest BCUT2D eigenvalue weighted by Crippen LogP contribution is -2.35. The average Bonchev–Trinajstić information content (AvgIpc) is 3.26. The molecule has 2 aliphatic rings. The first-order valence-corrected chi connectivity index (χ1v) is 12.3. The highest BCUT2D eigenvalue weighted by Crippen LogP contribution is 2.36. The van der Waals surface area contributed by atoms with Crippen LogP contribution in [0.2, 0.25) is 0 Å². The summed E-state index contributed by atoms with van der Waals surface area (Å²) in [5.74, 6) is -0.724. The molecule has 1 atom stereocenters. The van der Waals surface area contributed by atoms with Crippen molar-refractivity contribution in [1.82, 2.24) is 10.6 Å². The third-order valence-corrected chi connectivity index (χ3v) is 6.69. The van der Waals surface area contributed by atoms with Gasteiger partial charge >= 0.3 is 6.09 Å². The van der Waals surface area contributed by atoms with E-state index in [1.165, 1.54) is 16.3 Å². The Hall–Kier alpha value is -3.17. The van der Waals surface area contributed by atoms with E-state index >= 15 is 0 Å². The maximum Gasteiger partial charge on any atom is 0.414 e. The summed E-state index contributed by atoms with van der Waals surface area (Å²) in [6.45, 7) is 1.94. The van der Waals surface area contributed by atoms with E-state index in [0.29, 0.717) is 16.8 Å². The van der Waals surface area contributed by atoms with Gasteiger partial charge in [0.05, 0.1) is 18.8 Å². The standard InChI is InChI=1S/C26H28FN3O4S/c27-21-2-1-3-22(25(21)19-10-12-28-13-11-19)30-15-20(34-26(30)33)14-29-24(32)9-8-23(31)18-6-4-17(16-35)5-7-18/h1-7,16,19-20,28H,8-15H2,(H,29,32)/t20-/m0/s1. The van der Waals surface area contributed by atoms with E-state index in [1.807, 2.05) is 0 Å². The molecule has 0 spiro atoms. The maximum absolute atomic E-state index is 14.8. The zero-order chi connectivity index (χ0) is 24.8. The molecule has 2 aliphatic heterocycles. The Labute approximate surface area is 209 Å². The number of cyclic esters (lactones) is 1. The fourth-order valence-electron chi connectivity index (χ4n) is 4.54. The SMILES string of the molecule is O=C(CCC(=O)c1ccc(C=S)cc1)NC[C@H]1CN(c2cccc(F)c2C2CCNCC2)C(=O)O1. The number of benzene rings is 2. The van der Waals surface area contributed by atoms with Gasteiger partial charge in [-0.15, -0.1) is 0 Å². The Morgan fingerprint density at radius 2 is 1.89 bits per heavy atom. The lowest BCUT2D eigenvalue weighted by Gasteiger charge is -2.27. The number of Topliss-reactive ketones (excluding diaryl/α,β-unsaturated/α-hetero) is 1. The maximum atomic E-state index is 14.8. The molecular formula is C26H28FN3O4S. The minimum atomic E-state index is -0.562. The minimum Gasteiger partial charge on any atom is -0.442 e. The van der Waals surface area contributed by atoms with E-state index in [2.05, 4.69) is 10.6 Å². The number of hydrogen-bond donors (Lipinski definition) is 2. The molecular weight excluding hydrogens is 469 g/mol. The molecule has 184 valence electrons. The zero-order valence-electron chi connectivity index (χ0n) is 19.3. The van der Waals surface area contributed by atoms with Gasteiger partial charge in [0.25, 0.3) is 0 Å². The summed E-state index contributed by atoms with van der Waals surface area (Å²) in [6.07, 6.45) is 0.579. The van der Waals surface area contributed by atoms with Crippen molar-refractivity contribution < 1.29 is 23.5 Å². The Morgan fingerprint density at radius 3 is 2.60 bits per heavy atom. The molecule has 35 heavy (non-hydrogen) atoms. The number of carbonyl (C=O) groups excluding carboxylic acids is 3. The number of nitrogens with zero attached hydrogens (tertiary/aromatic N) is 1. The topological polar surface area (TPSA) is 87.7 Å². The Balaban J connectivity index is 1.30. The first kappa shape index (κ1) is 24.9. The van der Waals surface area contributed by atoms with Gasteiger partial charge < -0.3 is 15.4 Å². The highest BCUT2D eigenvalue weighted by molar-refractivity contribution is 7.79. The molecule has 2 fully saturated rings. The molecule has 7 nitrogen and oxygen atoms in total. The number of thiocarbonyl (C=S) groups is 1. The van der Waals surface area contributed by atoms with Gasteiger partial charge in [-0.3, -0.25) is 14.5 Å². The molecule has 0 radical (unpaired) electrons. The number of carbonyl (C=O) groups is 3. The van der Waals surface area contributed by atoms with Crippen molar-refractivity contribution in [3.05, 3.63) is 65.0 Å². The van der Waals surface area contributed by atoms with E-state index in [9.17, 15) is 18.8 Å². The number of rotatable bonds is 9. The Bertz CT molecular complexity index is 1100. The van der Waals surface area contributed by atoms with Crippen LogP contribution in [0.15, 0.2) is 42.5 Å². The summed E-state index contributed by atoms with van der Waals surface area (Å²) in [5.41, 5.74) is 2.45. The summed E-state index contributed by atoms with van der Waals surface area (Å²) in [5, 5.41) is 7.54. The van der Waals surface area contributed by atoms with Crippen molar-refractivity contribution >= 4 is 41.1 Å². The molecule has 2 saturated heterocycles. The van der Waals surface area contributed by atoms with Gasteiger partial charge in [-0.2, -0.15) is 0 Å². The molecule has 4 rings (SSSR count). The van der Waals surface area contributed by atoms with E-state index in [-0.39, 0.29) is 49.4 Å². The highest BCUT2D eigenvalue weighted by atomic mass is 32.1. The molecule has 9 heteroatoms. The number of ketones is 1. The average molecular weight is 498 g/mol. The predicted octanol–water partition coefficient (Wildman–Crippen LogP) is 3.75. The van der Waals surface area contributed by atoms with Crippen molar-refractivity contribution in [3.8, 4) is 0 Å². The second kappa shape index (κ2) is 11.5. The highest BCUT2D eigenvalue weighted by Gasteiger charge is 2.35. The van der Waals surface area contributed by atoms with Crippen molar-refractivity contribution in [1.29, 1.82) is 0 Å². The molecule has 2 amide bonds. The number of hydrogen-bond acceptors (Lipinski definition) is 6. The van der Waals surface area contributed by atoms with Crippen LogP contribution in [0.4, 0.5) is 14.9 Å². The molecule has 0 aromatic heterocycles. The summed E-state index contributed by atoms with van der Waals surface area (Å²) in [4.78, 5) is 38.6. The largest absolute Gasteiger partial charge is 0.442 e. The number of piperidine rings is 1. The molecule has 2 N–H and O–H groups in total. The van der Waals surface area contributed by atoms with E-state index in [4.69, 9.17) is 17.0 Å². The molecule has 0 unspecified atom stereocenters.